The van der Waals surface area contributed by atoms with Gasteiger partial charge in [0, 0.05) is 4.47 Å². The summed E-state index contributed by atoms with van der Waals surface area (Å²) in [4.78, 5) is 14.2. The second-order valence-electron chi connectivity index (χ2n) is 5.26. The van der Waals surface area contributed by atoms with Crippen LogP contribution < -0.4 is 10.3 Å². The summed E-state index contributed by atoms with van der Waals surface area (Å²) >= 11 is 3.25. The van der Waals surface area contributed by atoms with E-state index in [1.54, 1.807) is 36.4 Å². The van der Waals surface area contributed by atoms with Crippen molar-refractivity contribution in [3.05, 3.63) is 64.1 Å². The molecular formula is C16H17BrN2O3S. The lowest BCUT2D eigenvalue weighted by molar-refractivity contribution is 0.0944. The van der Waals surface area contributed by atoms with Crippen molar-refractivity contribution < 1.29 is 13.2 Å². The van der Waals surface area contributed by atoms with Crippen molar-refractivity contribution in [2.45, 2.75) is 24.7 Å². The molecule has 0 heterocycles. The van der Waals surface area contributed by atoms with Gasteiger partial charge in [0.2, 0.25) is 0 Å². The highest BCUT2D eigenvalue weighted by Crippen LogP contribution is 2.17. The van der Waals surface area contributed by atoms with Crippen molar-refractivity contribution in [2.24, 2.45) is 0 Å². The van der Waals surface area contributed by atoms with Crippen LogP contribution in [0.3, 0.4) is 0 Å². The van der Waals surface area contributed by atoms with Crippen molar-refractivity contribution in [1.29, 1.82) is 0 Å². The van der Waals surface area contributed by atoms with Crippen LogP contribution in [0.25, 0.3) is 0 Å². The maximum atomic E-state index is 12.2. The number of rotatable bonds is 5. The molecule has 0 saturated heterocycles. The minimum Gasteiger partial charge on any atom is -0.273 e. The van der Waals surface area contributed by atoms with Gasteiger partial charge in [-0.1, -0.05) is 38.1 Å². The molecule has 0 aliphatic rings. The Morgan fingerprint density at radius 2 is 1.65 bits per heavy atom. The maximum absolute atomic E-state index is 12.2. The highest BCUT2D eigenvalue weighted by atomic mass is 79.9. The Balaban J connectivity index is 2.10. The van der Waals surface area contributed by atoms with Crippen LogP contribution in [-0.2, 0) is 10.0 Å². The zero-order valence-corrected chi connectivity index (χ0v) is 15.1. The van der Waals surface area contributed by atoms with Crippen molar-refractivity contribution in [3.63, 3.8) is 0 Å². The Bertz CT molecular complexity index is 802. The number of amides is 1. The van der Waals surface area contributed by atoms with E-state index in [4.69, 9.17) is 0 Å². The van der Waals surface area contributed by atoms with Crippen LogP contribution in [0, 0.1) is 0 Å². The Morgan fingerprint density at radius 1 is 1.04 bits per heavy atom. The first-order chi connectivity index (χ1) is 10.8. The molecule has 122 valence electrons. The van der Waals surface area contributed by atoms with Gasteiger partial charge in [0.25, 0.3) is 15.9 Å². The van der Waals surface area contributed by atoms with Crippen molar-refractivity contribution >= 4 is 31.9 Å². The van der Waals surface area contributed by atoms with E-state index in [-0.39, 0.29) is 4.90 Å². The quantitative estimate of drug-likeness (QED) is 0.761. The van der Waals surface area contributed by atoms with E-state index in [2.05, 4.69) is 26.2 Å². The minimum atomic E-state index is -3.82. The molecule has 2 aromatic carbocycles. The van der Waals surface area contributed by atoms with Gasteiger partial charge in [-0.3, -0.25) is 10.2 Å². The van der Waals surface area contributed by atoms with Crippen molar-refractivity contribution in [2.75, 3.05) is 0 Å². The molecule has 0 atom stereocenters. The molecule has 0 fully saturated rings. The second-order valence-corrected chi connectivity index (χ2v) is 7.80. The average Bonchev–Trinajstić information content (AvgIpc) is 2.53. The van der Waals surface area contributed by atoms with Crippen LogP contribution in [0.15, 0.2) is 57.9 Å². The van der Waals surface area contributed by atoms with Gasteiger partial charge in [0.15, 0.2) is 0 Å². The Kier molecular flexibility index (Phi) is 5.56. The summed E-state index contributed by atoms with van der Waals surface area (Å²) in [5.74, 6) is -0.227. The van der Waals surface area contributed by atoms with E-state index in [0.717, 1.165) is 5.56 Å². The van der Waals surface area contributed by atoms with Gasteiger partial charge in [-0.25, -0.2) is 8.42 Å². The predicted molar refractivity (Wildman–Crippen MR) is 92.5 cm³/mol. The highest BCUT2D eigenvalue weighted by molar-refractivity contribution is 9.10. The van der Waals surface area contributed by atoms with E-state index < -0.39 is 15.9 Å². The van der Waals surface area contributed by atoms with Crippen LogP contribution in [0.5, 0.6) is 0 Å². The molecular weight excluding hydrogens is 380 g/mol. The number of carbonyl (C=O) groups is 1. The number of halogens is 1. The van der Waals surface area contributed by atoms with Crippen LogP contribution >= 0.6 is 15.9 Å². The molecule has 2 aromatic rings. The van der Waals surface area contributed by atoms with Gasteiger partial charge in [-0.2, -0.15) is 0 Å². The number of hydrogen-bond acceptors (Lipinski definition) is 3. The smallest absolute Gasteiger partial charge is 0.267 e. The molecule has 7 heteroatoms. The molecule has 0 saturated carbocycles. The summed E-state index contributed by atoms with van der Waals surface area (Å²) in [5.41, 5.74) is 3.59. The fourth-order valence-corrected chi connectivity index (χ4v) is 3.22. The van der Waals surface area contributed by atoms with Crippen LogP contribution in [0.4, 0.5) is 0 Å². The maximum Gasteiger partial charge on any atom is 0.267 e. The minimum absolute atomic E-state index is 0.0920. The fourth-order valence-electron chi connectivity index (χ4n) is 1.92. The lowest BCUT2D eigenvalue weighted by atomic mass is 10.0. The van der Waals surface area contributed by atoms with E-state index in [1.165, 1.54) is 12.1 Å². The number of sulfonamides is 1. The van der Waals surface area contributed by atoms with E-state index >= 15 is 0 Å². The van der Waals surface area contributed by atoms with E-state index in [0.29, 0.717) is 16.0 Å². The molecule has 0 unspecified atom stereocenters. The SMILES string of the molecule is CC(C)c1ccc(S(=O)(=O)NNC(=O)c2ccccc2Br)cc1. The van der Waals surface area contributed by atoms with Crippen molar-refractivity contribution in [3.8, 4) is 0 Å². The van der Waals surface area contributed by atoms with Gasteiger partial charge >= 0.3 is 0 Å². The first-order valence-corrected chi connectivity index (χ1v) is 9.25. The third-order valence-corrected chi connectivity index (χ3v) is 5.23. The first-order valence-electron chi connectivity index (χ1n) is 6.98. The van der Waals surface area contributed by atoms with Crippen LogP contribution in [0.2, 0.25) is 0 Å². The number of hydrazine groups is 1. The van der Waals surface area contributed by atoms with E-state index in [1.807, 2.05) is 13.8 Å². The molecule has 0 spiro atoms. The standard InChI is InChI=1S/C16H17BrN2O3S/c1-11(2)12-7-9-13(10-8-12)23(21,22)19-18-16(20)14-5-3-4-6-15(14)17/h3-11,19H,1-2H3,(H,18,20). The molecule has 1 amide bonds. The number of nitrogens with one attached hydrogen (secondary N) is 2. The Morgan fingerprint density at radius 3 is 2.22 bits per heavy atom. The zero-order valence-electron chi connectivity index (χ0n) is 12.7. The molecule has 0 bridgehead atoms. The topological polar surface area (TPSA) is 75.3 Å². The average molecular weight is 397 g/mol. The predicted octanol–water partition coefficient (Wildman–Crippen LogP) is 3.20. The number of benzene rings is 2. The molecule has 0 radical (unpaired) electrons. The van der Waals surface area contributed by atoms with Crippen molar-refractivity contribution in [1.82, 2.24) is 10.3 Å². The summed E-state index contributed by atoms with van der Waals surface area (Å²) < 4.78 is 25.0. The van der Waals surface area contributed by atoms with Crippen LogP contribution in [0.1, 0.15) is 35.7 Å². The lowest BCUT2D eigenvalue weighted by Gasteiger charge is -2.10. The summed E-state index contributed by atoms with van der Waals surface area (Å²) in [6, 6.07) is 13.3. The third-order valence-electron chi connectivity index (χ3n) is 3.27. The Hall–Kier alpha value is -1.70. The van der Waals surface area contributed by atoms with E-state index in [9.17, 15) is 13.2 Å². The monoisotopic (exact) mass is 396 g/mol. The summed E-state index contributed by atoms with van der Waals surface area (Å²) in [7, 11) is -3.82. The Labute approximate surface area is 144 Å². The number of carbonyl (C=O) groups excluding carboxylic acids is 1. The highest BCUT2D eigenvalue weighted by Gasteiger charge is 2.16. The molecule has 2 N–H and O–H groups in total. The summed E-state index contributed by atoms with van der Waals surface area (Å²) in [6.07, 6.45) is 0. The van der Waals surface area contributed by atoms with Gasteiger partial charge < -0.3 is 0 Å². The van der Waals surface area contributed by atoms with Gasteiger partial charge in [-0.15, -0.1) is 4.83 Å². The van der Waals surface area contributed by atoms with Gasteiger partial charge in [0.05, 0.1) is 10.5 Å². The number of hydrogen-bond donors (Lipinski definition) is 2. The molecule has 0 aromatic heterocycles. The van der Waals surface area contributed by atoms with Gasteiger partial charge in [0.1, 0.15) is 0 Å². The summed E-state index contributed by atoms with van der Waals surface area (Å²) in [6.45, 7) is 4.05. The molecule has 0 aliphatic carbocycles. The molecule has 2 rings (SSSR count). The summed E-state index contributed by atoms with van der Waals surface area (Å²) in [5, 5.41) is 0. The molecule has 0 aliphatic heterocycles. The lowest BCUT2D eigenvalue weighted by Crippen LogP contribution is -2.41. The first kappa shape index (κ1) is 17.7. The van der Waals surface area contributed by atoms with Crippen LogP contribution in [-0.4, -0.2) is 14.3 Å². The molecule has 5 nitrogen and oxygen atoms in total. The van der Waals surface area contributed by atoms with Gasteiger partial charge in [-0.05, 0) is 51.7 Å². The normalized spacial score (nSPS) is 11.5. The largest absolute Gasteiger partial charge is 0.273 e. The third kappa shape index (κ3) is 4.40. The molecule has 23 heavy (non-hydrogen) atoms. The zero-order chi connectivity index (χ0) is 17.0. The second kappa shape index (κ2) is 7.25. The fraction of sp³-hybridized carbons (Fsp3) is 0.188.